The molecule has 2 heterocycles. The highest BCUT2D eigenvalue weighted by Crippen LogP contribution is 2.37. The number of Topliss-reactive ketones (excluding diaryl/α,β-unsaturated/α-hetero) is 1. The second kappa shape index (κ2) is 6.47. The molecule has 2 aromatic rings. The third kappa shape index (κ3) is 2.99. The molecule has 2 aliphatic rings. The van der Waals surface area contributed by atoms with Crippen LogP contribution in [-0.2, 0) is 6.42 Å². The SMILES string of the molecule is Cc1nc(N2CCCCC2)nc2c1C(=O)CC(c1ccccc1O)C2. The second-order valence-corrected chi connectivity index (χ2v) is 7.07. The van der Waals surface area contributed by atoms with E-state index in [1.54, 1.807) is 12.1 Å². The number of carbonyl (C=O) groups is 1. The highest BCUT2D eigenvalue weighted by molar-refractivity contribution is 5.99. The van der Waals surface area contributed by atoms with E-state index in [1.807, 2.05) is 19.1 Å². The lowest BCUT2D eigenvalue weighted by Crippen LogP contribution is -2.32. The van der Waals surface area contributed by atoms with Crippen LogP contribution in [-0.4, -0.2) is 33.9 Å². The molecule has 0 bridgehead atoms. The van der Waals surface area contributed by atoms with Crippen LogP contribution >= 0.6 is 0 Å². The summed E-state index contributed by atoms with van der Waals surface area (Å²) in [5, 5.41) is 10.2. The average molecular weight is 337 g/mol. The first-order valence-electron chi connectivity index (χ1n) is 9.07. The average Bonchev–Trinajstić information content (AvgIpc) is 2.62. The summed E-state index contributed by atoms with van der Waals surface area (Å²) in [6, 6.07) is 7.29. The Hall–Kier alpha value is -2.43. The maximum Gasteiger partial charge on any atom is 0.225 e. The minimum atomic E-state index is -0.0234. The number of ketones is 1. The molecule has 1 aromatic carbocycles. The van der Waals surface area contributed by atoms with Crippen molar-refractivity contribution < 1.29 is 9.90 Å². The van der Waals surface area contributed by atoms with Gasteiger partial charge >= 0.3 is 0 Å². The van der Waals surface area contributed by atoms with E-state index in [0.717, 1.165) is 36.0 Å². The van der Waals surface area contributed by atoms with Crippen molar-refractivity contribution in [3.63, 3.8) is 0 Å². The lowest BCUT2D eigenvalue weighted by molar-refractivity contribution is 0.0961. The number of phenolic OH excluding ortho intramolecular Hbond substituents is 1. The molecule has 0 spiro atoms. The van der Waals surface area contributed by atoms with E-state index in [2.05, 4.69) is 9.88 Å². The van der Waals surface area contributed by atoms with Crippen LogP contribution in [0.2, 0.25) is 0 Å². The number of rotatable bonds is 2. The Balaban J connectivity index is 1.70. The number of para-hydroxylation sites is 1. The Bertz CT molecular complexity index is 813. The van der Waals surface area contributed by atoms with Gasteiger partial charge in [0, 0.05) is 25.4 Å². The number of nitrogens with zero attached hydrogens (tertiary/aromatic N) is 3. The molecule has 1 aliphatic carbocycles. The predicted molar refractivity (Wildman–Crippen MR) is 96.3 cm³/mol. The summed E-state index contributed by atoms with van der Waals surface area (Å²) in [6.45, 7) is 3.87. The predicted octanol–water partition coefficient (Wildman–Crippen LogP) is 3.39. The molecular weight excluding hydrogens is 314 g/mol. The normalized spacial score (nSPS) is 20.4. The Labute approximate surface area is 147 Å². The fraction of sp³-hybridized carbons (Fsp3) is 0.450. The summed E-state index contributed by atoms with van der Waals surface area (Å²) in [7, 11) is 0. The molecule has 4 rings (SSSR count). The molecular formula is C20H23N3O2. The van der Waals surface area contributed by atoms with Gasteiger partial charge < -0.3 is 10.0 Å². The molecule has 1 aliphatic heterocycles. The van der Waals surface area contributed by atoms with E-state index >= 15 is 0 Å². The van der Waals surface area contributed by atoms with Gasteiger partial charge in [-0.25, -0.2) is 9.97 Å². The molecule has 130 valence electrons. The first-order chi connectivity index (χ1) is 12.1. The summed E-state index contributed by atoms with van der Waals surface area (Å²) in [5.41, 5.74) is 3.13. The van der Waals surface area contributed by atoms with Crippen LogP contribution in [0.5, 0.6) is 5.75 Å². The van der Waals surface area contributed by atoms with E-state index in [1.165, 1.54) is 19.3 Å². The molecule has 0 saturated carbocycles. The van der Waals surface area contributed by atoms with E-state index in [9.17, 15) is 9.90 Å². The van der Waals surface area contributed by atoms with Crippen molar-refractivity contribution in [1.29, 1.82) is 0 Å². The number of fused-ring (bicyclic) bond motifs is 1. The summed E-state index contributed by atoms with van der Waals surface area (Å²) >= 11 is 0. The zero-order chi connectivity index (χ0) is 17.4. The Morgan fingerprint density at radius 3 is 2.60 bits per heavy atom. The first-order valence-corrected chi connectivity index (χ1v) is 9.07. The van der Waals surface area contributed by atoms with Crippen LogP contribution in [0.15, 0.2) is 24.3 Å². The Kier molecular flexibility index (Phi) is 4.15. The fourth-order valence-electron chi connectivity index (χ4n) is 4.05. The van der Waals surface area contributed by atoms with Crippen LogP contribution in [0.3, 0.4) is 0 Å². The molecule has 1 fully saturated rings. The highest BCUT2D eigenvalue weighted by atomic mass is 16.3. The third-order valence-corrected chi connectivity index (χ3v) is 5.32. The molecule has 5 nitrogen and oxygen atoms in total. The number of anilines is 1. The van der Waals surface area contributed by atoms with Crippen molar-refractivity contribution in [3.8, 4) is 5.75 Å². The summed E-state index contributed by atoms with van der Waals surface area (Å²) < 4.78 is 0. The van der Waals surface area contributed by atoms with Crippen molar-refractivity contribution >= 4 is 11.7 Å². The maximum atomic E-state index is 12.7. The van der Waals surface area contributed by atoms with Crippen molar-refractivity contribution in [2.45, 2.75) is 44.9 Å². The van der Waals surface area contributed by atoms with Gasteiger partial charge in [0.25, 0.3) is 0 Å². The number of hydrogen-bond acceptors (Lipinski definition) is 5. The molecule has 1 atom stereocenters. The molecule has 0 amide bonds. The quantitative estimate of drug-likeness (QED) is 0.910. The van der Waals surface area contributed by atoms with E-state index < -0.39 is 0 Å². The molecule has 1 saturated heterocycles. The fourth-order valence-corrected chi connectivity index (χ4v) is 4.05. The van der Waals surface area contributed by atoms with Crippen LogP contribution < -0.4 is 4.90 Å². The number of aromatic nitrogens is 2. The van der Waals surface area contributed by atoms with Crippen LogP contribution in [0.25, 0.3) is 0 Å². The highest BCUT2D eigenvalue weighted by Gasteiger charge is 2.31. The number of hydrogen-bond donors (Lipinski definition) is 1. The van der Waals surface area contributed by atoms with Gasteiger partial charge in [-0.2, -0.15) is 0 Å². The smallest absolute Gasteiger partial charge is 0.225 e. The zero-order valence-corrected chi connectivity index (χ0v) is 14.5. The van der Waals surface area contributed by atoms with Gasteiger partial charge in [0.1, 0.15) is 5.75 Å². The number of aromatic hydroxyl groups is 1. The summed E-state index contributed by atoms with van der Waals surface area (Å²) in [5.74, 6) is 1.06. The molecule has 0 radical (unpaired) electrons. The van der Waals surface area contributed by atoms with Crippen molar-refractivity contribution in [2.24, 2.45) is 0 Å². The number of aryl methyl sites for hydroxylation is 1. The Morgan fingerprint density at radius 2 is 1.84 bits per heavy atom. The van der Waals surface area contributed by atoms with Crippen molar-refractivity contribution in [2.75, 3.05) is 18.0 Å². The van der Waals surface area contributed by atoms with E-state index in [0.29, 0.717) is 18.4 Å². The minimum Gasteiger partial charge on any atom is -0.508 e. The number of piperidine rings is 1. The van der Waals surface area contributed by atoms with Crippen LogP contribution in [0.1, 0.15) is 58.9 Å². The molecule has 5 heteroatoms. The van der Waals surface area contributed by atoms with E-state index in [-0.39, 0.29) is 17.5 Å². The molecule has 1 aromatic heterocycles. The largest absolute Gasteiger partial charge is 0.508 e. The van der Waals surface area contributed by atoms with E-state index in [4.69, 9.17) is 4.98 Å². The summed E-state index contributed by atoms with van der Waals surface area (Å²) in [4.78, 5) is 24.3. The van der Waals surface area contributed by atoms with Gasteiger partial charge in [-0.05, 0) is 44.2 Å². The minimum absolute atomic E-state index is 0.0234. The Morgan fingerprint density at radius 1 is 1.08 bits per heavy atom. The number of carbonyl (C=O) groups excluding carboxylic acids is 1. The molecule has 1 N–H and O–H groups in total. The molecule has 1 unspecified atom stereocenters. The monoisotopic (exact) mass is 337 g/mol. The molecule has 25 heavy (non-hydrogen) atoms. The summed E-state index contributed by atoms with van der Waals surface area (Å²) in [6.07, 6.45) is 4.66. The van der Waals surface area contributed by atoms with Gasteiger partial charge in [-0.3, -0.25) is 4.79 Å². The lowest BCUT2D eigenvalue weighted by Gasteiger charge is -2.30. The van der Waals surface area contributed by atoms with Gasteiger partial charge in [0.15, 0.2) is 5.78 Å². The first kappa shape index (κ1) is 16.1. The number of phenols is 1. The van der Waals surface area contributed by atoms with Crippen LogP contribution in [0.4, 0.5) is 5.95 Å². The maximum absolute atomic E-state index is 12.7. The van der Waals surface area contributed by atoms with Gasteiger partial charge in [-0.15, -0.1) is 0 Å². The zero-order valence-electron chi connectivity index (χ0n) is 14.5. The third-order valence-electron chi connectivity index (χ3n) is 5.32. The standard InChI is InChI=1S/C20H23N3O2/c1-13-19-16(22-20(21-13)23-9-5-2-6-10-23)11-14(12-18(19)25)15-7-3-4-8-17(15)24/h3-4,7-8,14,24H,2,5-6,9-12H2,1H3. The topological polar surface area (TPSA) is 66.3 Å². The lowest BCUT2D eigenvalue weighted by atomic mass is 9.81. The van der Waals surface area contributed by atoms with Crippen molar-refractivity contribution in [1.82, 2.24) is 9.97 Å². The second-order valence-electron chi connectivity index (χ2n) is 7.07. The van der Waals surface area contributed by atoms with Crippen LogP contribution in [0, 0.1) is 6.92 Å². The van der Waals surface area contributed by atoms with Crippen molar-refractivity contribution in [3.05, 3.63) is 46.8 Å². The van der Waals surface area contributed by atoms with Gasteiger partial charge in [0.2, 0.25) is 5.95 Å². The van der Waals surface area contributed by atoms with Gasteiger partial charge in [0.05, 0.1) is 17.0 Å². The van der Waals surface area contributed by atoms with Gasteiger partial charge in [-0.1, -0.05) is 18.2 Å². The number of benzene rings is 1.